The number of carbonyl (C=O) groups excluding carboxylic acids is 1. The molecule has 27 heavy (non-hydrogen) atoms. The van der Waals surface area contributed by atoms with E-state index in [1.807, 2.05) is 50.5 Å². The Balaban J connectivity index is 2.06. The first-order chi connectivity index (χ1) is 12.8. The molecule has 2 aromatic rings. The van der Waals surface area contributed by atoms with E-state index >= 15 is 0 Å². The van der Waals surface area contributed by atoms with Crippen LogP contribution in [0.1, 0.15) is 17.2 Å². The summed E-state index contributed by atoms with van der Waals surface area (Å²) >= 11 is 0. The van der Waals surface area contributed by atoms with Crippen LogP contribution in [0, 0.1) is 11.3 Å². The van der Waals surface area contributed by atoms with Crippen LogP contribution in [-0.4, -0.2) is 41.5 Å². The zero-order chi connectivity index (χ0) is 19.9. The monoisotopic (exact) mass is 387 g/mol. The molecule has 0 fully saturated rings. The average Bonchev–Trinajstić information content (AvgIpc) is 2.66. The van der Waals surface area contributed by atoms with Gasteiger partial charge < -0.3 is 10.2 Å². The molecule has 8 heteroatoms. The Hall–Kier alpha value is -2.73. The summed E-state index contributed by atoms with van der Waals surface area (Å²) in [5.74, 6) is -0.442. The van der Waals surface area contributed by atoms with Crippen molar-refractivity contribution in [3.63, 3.8) is 0 Å². The van der Waals surface area contributed by atoms with Gasteiger partial charge in [-0.3, -0.25) is 4.79 Å². The van der Waals surface area contributed by atoms with Gasteiger partial charge in [0.15, 0.2) is 0 Å². The molecule has 0 aliphatic carbocycles. The molecule has 2 aromatic carbocycles. The average molecular weight is 387 g/mol. The van der Waals surface area contributed by atoms with Gasteiger partial charge in [-0.1, -0.05) is 42.5 Å². The van der Waals surface area contributed by atoms with Crippen LogP contribution in [0.15, 0.2) is 59.5 Å². The van der Waals surface area contributed by atoms with Crippen molar-refractivity contribution in [1.82, 2.24) is 10.0 Å². The highest BCUT2D eigenvalue weighted by molar-refractivity contribution is 7.89. The number of rotatable bonds is 8. The van der Waals surface area contributed by atoms with E-state index in [0.717, 1.165) is 10.5 Å². The Morgan fingerprint density at radius 1 is 1.11 bits per heavy atom. The molecule has 0 radical (unpaired) electrons. The number of amides is 1. The zero-order valence-electron chi connectivity index (χ0n) is 15.3. The van der Waals surface area contributed by atoms with Crippen LogP contribution in [0.3, 0.4) is 0 Å². The minimum atomic E-state index is -3.96. The summed E-state index contributed by atoms with van der Waals surface area (Å²) in [4.78, 5) is 13.3. The van der Waals surface area contributed by atoms with Crippen molar-refractivity contribution >= 4 is 15.9 Å². The highest BCUT2D eigenvalue weighted by Gasteiger charge is 2.21. The molecule has 0 aliphatic rings. The molecule has 0 saturated heterocycles. The van der Waals surface area contributed by atoms with E-state index in [0.29, 0.717) is 6.54 Å². The quantitative estimate of drug-likeness (QED) is 0.585. The van der Waals surface area contributed by atoms with Gasteiger partial charge >= 0.3 is 0 Å². The number of nitrogens with zero attached hydrogens (tertiary/aromatic N) is 1. The predicted octanol–water partition coefficient (Wildman–Crippen LogP) is -0.161. The van der Waals surface area contributed by atoms with Crippen LogP contribution in [0.4, 0.5) is 0 Å². The molecule has 0 heterocycles. The summed E-state index contributed by atoms with van der Waals surface area (Å²) in [5, 5.41) is 11.9. The molecule has 0 saturated carbocycles. The van der Waals surface area contributed by atoms with Crippen molar-refractivity contribution < 1.29 is 18.1 Å². The standard InChI is InChI=1S/C19H22N4O3S/c1-23(2)14-17(15-8-4-3-5-9-15)22-19(24)13-21-27(25,26)18-11-7-6-10-16(18)12-20/h3-11,17,21H,13-14H2,1-2H3,(H,22,24)/p+1/t17-/m1/s1. The van der Waals surface area contributed by atoms with E-state index in [-0.39, 0.29) is 16.5 Å². The van der Waals surface area contributed by atoms with Crippen molar-refractivity contribution in [2.45, 2.75) is 10.9 Å². The minimum absolute atomic E-state index is 0.0313. The van der Waals surface area contributed by atoms with Crippen molar-refractivity contribution in [2.24, 2.45) is 0 Å². The minimum Gasteiger partial charge on any atom is -0.343 e. The topological polar surface area (TPSA) is 104 Å². The third-order valence-corrected chi connectivity index (χ3v) is 5.33. The third kappa shape index (κ3) is 5.89. The largest absolute Gasteiger partial charge is 0.343 e. The number of likely N-dealkylation sites (N-methyl/N-ethyl adjacent to an activating group) is 1. The lowest BCUT2D eigenvalue weighted by atomic mass is 10.1. The van der Waals surface area contributed by atoms with Crippen molar-refractivity contribution in [1.29, 1.82) is 5.26 Å². The maximum absolute atomic E-state index is 12.4. The smallest absolute Gasteiger partial charge is 0.242 e. The lowest BCUT2D eigenvalue weighted by molar-refractivity contribution is -0.860. The summed E-state index contributed by atoms with van der Waals surface area (Å²) in [5.41, 5.74) is 0.980. The van der Waals surface area contributed by atoms with Crippen LogP contribution in [-0.2, 0) is 14.8 Å². The molecular formula is C19H23N4O3S+. The molecule has 7 nitrogen and oxygen atoms in total. The fourth-order valence-electron chi connectivity index (χ4n) is 2.62. The highest BCUT2D eigenvalue weighted by Crippen LogP contribution is 2.14. The van der Waals surface area contributed by atoms with Gasteiger partial charge in [-0.15, -0.1) is 0 Å². The maximum atomic E-state index is 12.4. The van der Waals surface area contributed by atoms with Crippen LogP contribution in [0.5, 0.6) is 0 Å². The van der Waals surface area contributed by atoms with Gasteiger partial charge in [0.2, 0.25) is 15.9 Å². The fraction of sp³-hybridized carbons (Fsp3) is 0.263. The number of hydrogen-bond donors (Lipinski definition) is 3. The molecule has 2 rings (SSSR count). The van der Waals surface area contributed by atoms with Crippen molar-refractivity contribution in [2.75, 3.05) is 27.2 Å². The van der Waals surface area contributed by atoms with Crippen molar-refractivity contribution in [3.05, 3.63) is 65.7 Å². The number of carbonyl (C=O) groups is 1. The predicted molar refractivity (Wildman–Crippen MR) is 101 cm³/mol. The summed E-state index contributed by atoms with van der Waals surface area (Å²) in [6.45, 7) is 0.244. The van der Waals surface area contributed by atoms with Gasteiger partial charge in [0.05, 0.1) is 31.1 Å². The molecule has 0 spiro atoms. The molecule has 3 N–H and O–H groups in total. The molecule has 0 aliphatic heterocycles. The van der Waals surface area contributed by atoms with Crippen LogP contribution >= 0.6 is 0 Å². The number of hydrogen-bond acceptors (Lipinski definition) is 4. The first-order valence-corrected chi connectivity index (χ1v) is 9.94. The van der Waals surface area contributed by atoms with Gasteiger partial charge in [-0.25, -0.2) is 13.1 Å². The summed E-state index contributed by atoms with van der Waals surface area (Å²) in [7, 11) is -0.00848. The maximum Gasteiger partial charge on any atom is 0.242 e. The van der Waals surface area contributed by atoms with Crippen LogP contribution in [0.25, 0.3) is 0 Å². The summed E-state index contributed by atoms with van der Waals surface area (Å²) in [6, 6.07) is 17.0. The lowest BCUT2D eigenvalue weighted by Crippen LogP contribution is -3.06. The van der Waals surface area contributed by atoms with Crippen molar-refractivity contribution in [3.8, 4) is 6.07 Å². The third-order valence-electron chi connectivity index (χ3n) is 3.87. The Bertz CT molecular complexity index is 921. The Morgan fingerprint density at radius 2 is 1.74 bits per heavy atom. The summed E-state index contributed by atoms with van der Waals surface area (Å²) in [6.07, 6.45) is 0. The van der Waals surface area contributed by atoms with Gasteiger partial charge in [-0.05, 0) is 17.7 Å². The van der Waals surface area contributed by atoms with E-state index < -0.39 is 22.5 Å². The number of nitriles is 1. The Labute approximate surface area is 159 Å². The van der Waals surface area contributed by atoms with E-state index in [2.05, 4.69) is 10.0 Å². The number of benzene rings is 2. The summed E-state index contributed by atoms with van der Waals surface area (Å²) < 4.78 is 27.1. The van der Waals surface area contributed by atoms with E-state index in [9.17, 15) is 13.2 Å². The second-order valence-electron chi connectivity index (χ2n) is 6.37. The molecule has 142 valence electrons. The Morgan fingerprint density at radius 3 is 2.37 bits per heavy atom. The second-order valence-corrected chi connectivity index (χ2v) is 8.11. The molecule has 0 unspecified atom stereocenters. The lowest BCUT2D eigenvalue weighted by Gasteiger charge is -2.21. The van der Waals surface area contributed by atoms with Crippen LogP contribution < -0.4 is 14.9 Å². The highest BCUT2D eigenvalue weighted by atomic mass is 32.2. The first-order valence-electron chi connectivity index (χ1n) is 8.45. The molecular weight excluding hydrogens is 364 g/mol. The van der Waals surface area contributed by atoms with E-state index in [1.54, 1.807) is 6.07 Å². The molecule has 0 bridgehead atoms. The normalized spacial score (nSPS) is 12.4. The van der Waals surface area contributed by atoms with Gasteiger partial charge in [0.25, 0.3) is 0 Å². The van der Waals surface area contributed by atoms with Gasteiger partial charge in [0, 0.05) is 0 Å². The number of sulfonamides is 1. The second kappa shape index (κ2) is 9.28. The molecule has 1 amide bonds. The van der Waals surface area contributed by atoms with E-state index in [1.165, 1.54) is 18.2 Å². The molecule has 0 aromatic heterocycles. The SMILES string of the molecule is C[NH+](C)C[C@@H](NC(=O)CNS(=O)(=O)c1ccccc1C#N)c1ccccc1. The Kier molecular flexibility index (Phi) is 7.07. The van der Waals surface area contributed by atoms with Gasteiger partial charge in [-0.2, -0.15) is 5.26 Å². The number of nitrogens with one attached hydrogen (secondary N) is 3. The van der Waals surface area contributed by atoms with Gasteiger partial charge in [0.1, 0.15) is 18.7 Å². The zero-order valence-corrected chi connectivity index (χ0v) is 16.1. The van der Waals surface area contributed by atoms with E-state index in [4.69, 9.17) is 5.26 Å². The molecule has 1 atom stereocenters. The number of quaternary nitrogens is 1. The van der Waals surface area contributed by atoms with Crippen LogP contribution in [0.2, 0.25) is 0 Å². The fourth-order valence-corrected chi connectivity index (χ4v) is 3.76. The first kappa shape index (κ1) is 20.6.